The molecule has 1 heterocycles. The first-order valence-corrected chi connectivity index (χ1v) is 19.4. The second kappa shape index (κ2) is 11.6. The van der Waals surface area contributed by atoms with E-state index in [0.717, 1.165) is 39.1 Å². The van der Waals surface area contributed by atoms with Crippen LogP contribution in [0.25, 0.3) is 32.7 Å². The molecule has 0 bridgehead atoms. The number of para-hydroxylation sites is 1. The molecular weight excluding hydrogens is 624 g/mol. The molecule has 0 unspecified atom stereocenters. The van der Waals surface area contributed by atoms with Crippen LogP contribution in [0.4, 0.5) is 5.69 Å². The summed E-state index contributed by atoms with van der Waals surface area (Å²) in [5, 5.41) is 4.70. The summed E-state index contributed by atoms with van der Waals surface area (Å²) in [7, 11) is 0. The first kappa shape index (κ1) is 27.7. The number of hydrogen-bond donors (Lipinski definition) is 0. The second-order valence-electron chi connectivity index (χ2n) is 11.9. The Bertz CT molecular complexity index is 1910. The summed E-state index contributed by atoms with van der Waals surface area (Å²) in [6, 6.07) is 47.7. The summed E-state index contributed by atoms with van der Waals surface area (Å²) in [6.07, 6.45) is 3.24. The molecule has 1 aliphatic carbocycles. The van der Waals surface area contributed by atoms with Gasteiger partial charge in [-0.15, -0.1) is 0 Å². The van der Waals surface area contributed by atoms with Crippen molar-refractivity contribution in [2.24, 2.45) is 5.92 Å². The second-order valence-corrected chi connectivity index (χ2v) is 16.5. The van der Waals surface area contributed by atoms with Gasteiger partial charge in [-0.2, -0.15) is 0 Å². The molecule has 3 nitrogen and oxygen atoms in total. The first-order valence-electron chi connectivity index (χ1n) is 15.6. The van der Waals surface area contributed by atoms with Gasteiger partial charge in [-0.1, -0.05) is 0 Å². The fourth-order valence-corrected chi connectivity index (χ4v) is 11.6. The van der Waals surface area contributed by atoms with Crippen molar-refractivity contribution in [3.8, 4) is 22.6 Å². The van der Waals surface area contributed by atoms with Gasteiger partial charge in [-0.3, -0.25) is 0 Å². The van der Waals surface area contributed by atoms with Crippen LogP contribution in [-0.2, 0) is 0 Å². The van der Waals surface area contributed by atoms with Gasteiger partial charge in [0, 0.05) is 0 Å². The Kier molecular flexibility index (Phi) is 7.31. The maximum absolute atomic E-state index is 7.35. The molecule has 0 amide bonds. The molecular formula is C39H34NO2PSe. The Balaban J connectivity index is 1.41. The van der Waals surface area contributed by atoms with Gasteiger partial charge >= 0.3 is 268 Å². The molecule has 0 radical (unpaired) electrons. The molecule has 218 valence electrons. The molecule has 1 saturated carbocycles. The van der Waals surface area contributed by atoms with E-state index in [2.05, 4.69) is 153 Å². The monoisotopic (exact) mass is 659 g/mol. The molecule has 8 rings (SSSR count). The van der Waals surface area contributed by atoms with Crippen molar-refractivity contribution >= 4 is 48.4 Å². The standard InChI is InChI=1S/C39H34NO2PSe/c44-43(40(32-20-8-3-9-21-32)39(30-16-4-1-5-17-30)31-18-6-2-7-19-31)41-35-26-24-28-14-10-12-22-33(28)37(35)38-34-23-13-11-15-29(34)25-27-36(38)42-43/h1,3-5,8-17,20-27,31,39H,2,6-7,18-19H2/t39-/m1/s1. The molecule has 1 atom stereocenters. The van der Waals surface area contributed by atoms with Crippen LogP contribution in [0.2, 0.25) is 0 Å². The fraction of sp³-hybridized carbons (Fsp3) is 0.179. The van der Waals surface area contributed by atoms with Gasteiger partial charge in [0.25, 0.3) is 0 Å². The zero-order valence-corrected chi connectivity index (χ0v) is 27.1. The number of rotatable bonds is 5. The molecule has 44 heavy (non-hydrogen) atoms. The molecule has 6 aromatic rings. The van der Waals surface area contributed by atoms with Crippen LogP contribution in [0, 0.1) is 5.92 Å². The van der Waals surface area contributed by atoms with E-state index in [-0.39, 0.29) is 6.04 Å². The van der Waals surface area contributed by atoms with Gasteiger partial charge in [0.2, 0.25) is 0 Å². The molecule has 6 aromatic carbocycles. The predicted octanol–water partition coefficient (Wildman–Crippen LogP) is 11.1. The van der Waals surface area contributed by atoms with Crippen LogP contribution in [0.15, 0.2) is 133 Å². The van der Waals surface area contributed by atoms with Crippen LogP contribution >= 0.6 is 6.11 Å². The Morgan fingerprint density at radius 2 is 1.07 bits per heavy atom. The summed E-state index contributed by atoms with van der Waals surface area (Å²) < 4.78 is 17.2. The Hall–Kier alpha value is -3.81. The zero-order valence-electron chi connectivity index (χ0n) is 24.5. The van der Waals surface area contributed by atoms with Gasteiger partial charge in [0.05, 0.1) is 0 Å². The Morgan fingerprint density at radius 1 is 0.568 bits per heavy atom. The minimum absolute atomic E-state index is 0.0828. The molecule has 0 N–H and O–H groups in total. The van der Waals surface area contributed by atoms with Crippen molar-refractivity contribution in [2.75, 3.05) is 4.67 Å². The average molecular weight is 659 g/mol. The normalized spacial score (nSPS) is 16.6. The number of nitrogens with zero attached hydrogens (tertiary/aromatic N) is 1. The minimum atomic E-state index is -2.94. The van der Waals surface area contributed by atoms with Crippen LogP contribution in [-0.4, -0.2) is 15.1 Å². The van der Waals surface area contributed by atoms with Crippen LogP contribution < -0.4 is 13.7 Å². The van der Waals surface area contributed by atoms with E-state index in [1.807, 2.05) is 0 Å². The molecule has 1 fully saturated rings. The summed E-state index contributed by atoms with van der Waals surface area (Å²) in [5.41, 5.74) is 4.58. The van der Waals surface area contributed by atoms with E-state index in [1.165, 1.54) is 48.4 Å². The van der Waals surface area contributed by atoms with E-state index in [9.17, 15) is 0 Å². The first-order chi connectivity index (χ1) is 21.7. The van der Waals surface area contributed by atoms with Crippen LogP contribution in [0.5, 0.6) is 11.5 Å². The molecule has 0 saturated heterocycles. The van der Waals surface area contributed by atoms with E-state index < -0.39 is 6.11 Å². The zero-order chi connectivity index (χ0) is 29.5. The molecule has 0 spiro atoms. The van der Waals surface area contributed by atoms with Crippen molar-refractivity contribution in [3.63, 3.8) is 0 Å². The van der Waals surface area contributed by atoms with Crippen LogP contribution in [0.3, 0.4) is 0 Å². The van der Waals surface area contributed by atoms with E-state index >= 15 is 0 Å². The third-order valence-electron chi connectivity index (χ3n) is 9.24. The van der Waals surface area contributed by atoms with Crippen LogP contribution in [0.1, 0.15) is 43.7 Å². The van der Waals surface area contributed by atoms with Gasteiger partial charge < -0.3 is 0 Å². The summed E-state index contributed by atoms with van der Waals surface area (Å²) in [6.45, 7) is 0. The number of anilines is 1. The topological polar surface area (TPSA) is 21.7 Å². The molecule has 2 aliphatic rings. The fourth-order valence-electron chi connectivity index (χ4n) is 7.27. The van der Waals surface area contributed by atoms with Gasteiger partial charge in [-0.05, 0) is 0 Å². The Morgan fingerprint density at radius 3 is 1.64 bits per heavy atom. The van der Waals surface area contributed by atoms with Crippen molar-refractivity contribution in [1.82, 2.24) is 0 Å². The summed E-state index contributed by atoms with van der Waals surface area (Å²) in [4.78, 5) is 0. The Labute approximate surface area is 266 Å². The summed E-state index contributed by atoms with van der Waals surface area (Å²) in [5.74, 6) is 2.17. The third kappa shape index (κ3) is 4.87. The number of benzene rings is 6. The van der Waals surface area contributed by atoms with Crippen molar-refractivity contribution < 1.29 is 9.05 Å². The summed E-state index contributed by atoms with van der Waals surface area (Å²) >= 11 is 3.59. The predicted molar refractivity (Wildman–Crippen MR) is 185 cm³/mol. The van der Waals surface area contributed by atoms with Gasteiger partial charge in [0.15, 0.2) is 0 Å². The van der Waals surface area contributed by atoms with Crippen molar-refractivity contribution in [1.29, 1.82) is 0 Å². The molecule has 1 aliphatic heterocycles. The van der Waals surface area contributed by atoms with E-state index in [1.54, 1.807) is 0 Å². The average Bonchev–Trinajstić information content (AvgIpc) is 3.22. The molecule has 0 aromatic heterocycles. The number of fused-ring (bicyclic) bond motifs is 7. The SMILES string of the molecule is [Se]=P1(N(c2ccccc2)[C@H](c2ccccc2)C2CCCCC2)Oc2ccc3ccccc3c2-c2c(ccc3ccccc23)O1. The van der Waals surface area contributed by atoms with E-state index in [0.29, 0.717) is 5.92 Å². The third-order valence-corrected chi connectivity index (χ3v) is 13.2. The van der Waals surface area contributed by atoms with Crippen molar-refractivity contribution in [3.05, 3.63) is 139 Å². The van der Waals surface area contributed by atoms with E-state index in [4.69, 9.17) is 9.05 Å². The van der Waals surface area contributed by atoms with Crippen molar-refractivity contribution in [2.45, 2.75) is 38.1 Å². The quantitative estimate of drug-likeness (QED) is 0.136. The molecule has 5 heteroatoms. The number of hydrogen-bond acceptors (Lipinski definition) is 3. The maximum atomic E-state index is 7.35. The van der Waals surface area contributed by atoms with Gasteiger partial charge in [0.1, 0.15) is 0 Å². The van der Waals surface area contributed by atoms with Gasteiger partial charge in [-0.25, -0.2) is 0 Å².